The van der Waals surface area contributed by atoms with Crippen LogP contribution in [0.15, 0.2) is 60.9 Å². The maximum atomic E-state index is 11.2. The number of aryl methyl sites for hydroxylation is 3. The Hall–Kier alpha value is -4.26. The first kappa shape index (κ1) is 25.0. The minimum Gasteiger partial charge on any atom is -0.492 e. The number of carboxylic acid groups (broad SMARTS) is 1. The van der Waals surface area contributed by atoms with Gasteiger partial charge < -0.3 is 23.9 Å². The van der Waals surface area contributed by atoms with Gasteiger partial charge in [-0.25, -0.2) is 4.98 Å². The van der Waals surface area contributed by atoms with Crippen molar-refractivity contribution >= 4 is 5.97 Å². The highest BCUT2D eigenvalue weighted by atomic mass is 16.5. The highest BCUT2D eigenvalue weighted by molar-refractivity contribution is 5.76. The predicted octanol–water partition coefficient (Wildman–Crippen LogP) is 6.30. The minimum absolute atomic E-state index is 0.0461. The Labute approximate surface area is 228 Å². The molecule has 1 aliphatic heterocycles. The van der Waals surface area contributed by atoms with Gasteiger partial charge in [0, 0.05) is 37.0 Å². The normalized spacial score (nSPS) is 17.4. The first-order valence-electron chi connectivity index (χ1n) is 13.3. The maximum Gasteiger partial charge on any atom is 0.304 e. The summed E-state index contributed by atoms with van der Waals surface area (Å²) in [5.74, 6) is 2.27. The third kappa shape index (κ3) is 4.85. The number of aliphatic carboxylic acids is 1. The smallest absolute Gasteiger partial charge is 0.304 e. The van der Waals surface area contributed by atoms with Gasteiger partial charge in [-0.05, 0) is 78.3 Å². The fourth-order valence-electron chi connectivity index (χ4n) is 5.96. The van der Waals surface area contributed by atoms with Crippen molar-refractivity contribution in [3.63, 3.8) is 0 Å². The van der Waals surface area contributed by atoms with Crippen LogP contribution >= 0.6 is 0 Å². The van der Waals surface area contributed by atoms with Crippen molar-refractivity contribution in [3.8, 4) is 28.4 Å². The Balaban J connectivity index is 1.22. The van der Waals surface area contributed by atoms with E-state index in [1.54, 1.807) is 6.20 Å². The van der Waals surface area contributed by atoms with Crippen LogP contribution in [-0.4, -0.2) is 27.2 Å². The van der Waals surface area contributed by atoms with Gasteiger partial charge in [0.05, 0.1) is 13.0 Å². The molecule has 1 aromatic heterocycles. The van der Waals surface area contributed by atoms with E-state index in [9.17, 15) is 4.79 Å². The fraction of sp³-hybridized carbons (Fsp3) is 0.312. The van der Waals surface area contributed by atoms with E-state index in [1.807, 2.05) is 36.0 Å². The Kier molecular flexibility index (Phi) is 6.51. The molecule has 7 nitrogen and oxygen atoms in total. The zero-order valence-electron chi connectivity index (χ0n) is 22.4. The molecule has 0 saturated carbocycles. The summed E-state index contributed by atoms with van der Waals surface area (Å²) in [7, 11) is 1.97. The van der Waals surface area contributed by atoms with Crippen LogP contribution in [0.5, 0.6) is 17.2 Å². The zero-order chi connectivity index (χ0) is 27.1. The van der Waals surface area contributed by atoms with Gasteiger partial charge in [0.25, 0.3) is 0 Å². The third-order valence-electron chi connectivity index (χ3n) is 7.84. The lowest BCUT2D eigenvalue weighted by Gasteiger charge is -2.18. The van der Waals surface area contributed by atoms with Crippen molar-refractivity contribution in [3.05, 3.63) is 94.6 Å². The second kappa shape index (κ2) is 10.1. The number of rotatable bonds is 8. The summed E-state index contributed by atoms with van der Waals surface area (Å²) in [6.45, 7) is 5.10. The maximum absolute atomic E-state index is 11.2. The monoisotopic (exact) mass is 524 g/mol. The van der Waals surface area contributed by atoms with Crippen LogP contribution in [0.3, 0.4) is 0 Å². The molecule has 0 amide bonds. The number of ether oxygens (including phenoxy) is 3. The molecule has 4 aromatic rings. The van der Waals surface area contributed by atoms with Crippen LogP contribution < -0.4 is 14.2 Å². The molecule has 3 aromatic carbocycles. The van der Waals surface area contributed by atoms with Crippen molar-refractivity contribution < 1.29 is 24.1 Å². The number of imidazole rings is 1. The molecule has 2 heterocycles. The molecule has 1 N–H and O–H groups in total. The van der Waals surface area contributed by atoms with Crippen molar-refractivity contribution in [2.75, 3.05) is 6.61 Å². The molecule has 200 valence electrons. The quantitative estimate of drug-likeness (QED) is 0.291. The lowest BCUT2D eigenvalue weighted by molar-refractivity contribution is -0.137. The molecule has 1 unspecified atom stereocenters. The summed E-state index contributed by atoms with van der Waals surface area (Å²) in [5.41, 5.74) is 8.33. The van der Waals surface area contributed by atoms with Gasteiger partial charge in [0.2, 0.25) is 0 Å². The molecule has 0 spiro atoms. The van der Waals surface area contributed by atoms with Crippen LogP contribution in [0, 0.1) is 13.8 Å². The zero-order valence-corrected chi connectivity index (χ0v) is 22.4. The molecule has 0 saturated heterocycles. The summed E-state index contributed by atoms with van der Waals surface area (Å²) in [4.78, 5) is 15.5. The number of aromatic nitrogens is 2. The van der Waals surface area contributed by atoms with Gasteiger partial charge in [0.1, 0.15) is 35.8 Å². The Morgan fingerprint density at radius 1 is 1.10 bits per heavy atom. The largest absolute Gasteiger partial charge is 0.492 e. The number of fused-ring (bicyclic) bond motifs is 2. The van der Waals surface area contributed by atoms with E-state index in [0.717, 1.165) is 41.5 Å². The minimum atomic E-state index is -0.813. The standard InChI is InChI=1S/C32H32N2O5/c1-19-13-23(37-18-30-33-11-12-34(30)3)14-20(2)32(19)27-6-4-5-26-25(27)9-10-28(26)39-22-7-8-24-21(15-31(35)36)17-38-29(24)16-22/h4-8,11-14,16,21,28H,9-10,15,17-18H2,1-3H3,(H,35,36)/t21?,28-/m1/s1. The number of nitrogens with zero attached hydrogens (tertiary/aromatic N) is 2. The van der Waals surface area contributed by atoms with E-state index in [-0.39, 0.29) is 18.4 Å². The Bertz CT molecular complexity index is 1530. The van der Waals surface area contributed by atoms with Crippen LogP contribution in [0.25, 0.3) is 11.1 Å². The predicted molar refractivity (Wildman–Crippen MR) is 148 cm³/mol. The van der Waals surface area contributed by atoms with Gasteiger partial charge in [-0.1, -0.05) is 24.3 Å². The van der Waals surface area contributed by atoms with Crippen molar-refractivity contribution in [1.29, 1.82) is 0 Å². The third-order valence-corrected chi connectivity index (χ3v) is 7.84. The van der Waals surface area contributed by atoms with E-state index in [2.05, 4.69) is 49.2 Å². The van der Waals surface area contributed by atoms with Gasteiger partial charge in [0.15, 0.2) is 0 Å². The van der Waals surface area contributed by atoms with Crippen molar-refractivity contribution in [2.45, 2.75) is 51.7 Å². The van der Waals surface area contributed by atoms with Crippen molar-refractivity contribution in [2.24, 2.45) is 7.05 Å². The Morgan fingerprint density at radius 3 is 2.67 bits per heavy atom. The number of carbonyl (C=O) groups is 1. The van der Waals surface area contributed by atoms with Gasteiger partial charge in [-0.2, -0.15) is 0 Å². The van der Waals surface area contributed by atoms with Crippen LogP contribution in [0.1, 0.15) is 58.5 Å². The highest BCUT2D eigenvalue weighted by Crippen LogP contribution is 2.44. The van der Waals surface area contributed by atoms with Gasteiger partial charge in [-0.3, -0.25) is 4.79 Å². The van der Waals surface area contributed by atoms with Gasteiger partial charge >= 0.3 is 5.97 Å². The summed E-state index contributed by atoms with van der Waals surface area (Å²) in [6.07, 6.45) is 5.56. The molecular formula is C32H32N2O5. The first-order chi connectivity index (χ1) is 18.9. The number of carboxylic acids is 1. The summed E-state index contributed by atoms with van der Waals surface area (Å²) in [6, 6.07) is 16.5. The topological polar surface area (TPSA) is 82.8 Å². The second-order valence-corrected chi connectivity index (χ2v) is 10.5. The summed E-state index contributed by atoms with van der Waals surface area (Å²) in [5, 5.41) is 9.17. The first-order valence-corrected chi connectivity index (χ1v) is 13.3. The molecule has 0 radical (unpaired) electrons. The summed E-state index contributed by atoms with van der Waals surface area (Å²) >= 11 is 0. The number of hydrogen-bond donors (Lipinski definition) is 1. The lowest BCUT2D eigenvalue weighted by atomic mass is 9.90. The fourth-order valence-corrected chi connectivity index (χ4v) is 5.96. The number of hydrogen-bond acceptors (Lipinski definition) is 5. The molecule has 6 rings (SSSR count). The van der Waals surface area contributed by atoms with E-state index in [0.29, 0.717) is 13.2 Å². The summed E-state index contributed by atoms with van der Waals surface area (Å²) < 4.78 is 20.3. The molecule has 0 fully saturated rings. The Morgan fingerprint density at radius 2 is 1.92 bits per heavy atom. The molecular weight excluding hydrogens is 492 g/mol. The average molecular weight is 525 g/mol. The van der Waals surface area contributed by atoms with E-state index in [1.165, 1.54) is 33.4 Å². The van der Waals surface area contributed by atoms with Crippen LogP contribution in [0.2, 0.25) is 0 Å². The SMILES string of the molecule is Cc1cc(OCc2nccn2C)cc(C)c1-c1cccc2c1CC[C@H]2Oc1ccc2c(c1)OCC2CC(=O)O. The lowest BCUT2D eigenvalue weighted by Crippen LogP contribution is -2.07. The van der Waals surface area contributed by atoms with Crippen molar-refractivity contribution in [1.82, 2.24) is 9.55 Å². The van der Waals surface area contributed by atoms with Crippen LogP contribution in [0.4, 0.5) is 0 Å². The molecule has 1 aliphatic carbocycles. The van der Waals surface area contributed by atoms with Crippen LogP contribution in [-0.2, 0) is 24.9 Å². The molecule has 39 heavy (non-hydrogen) atoms. The van der Waals surface area contributed by atoms with Gasteiger partial charge in [-0.15, -0.1) is 0 Å². The van der Waals surface area contributed by atoms with E-state index in [4.69, 9.17) is 19.3 Å². The van der Waals surface area contributed by atoms with E-state index < -0.39 is 5.97 Å². The molecule has 2 aliphatic rings. The molecule has 7 heteroatoms. The molecule has 0 bridgehead atoms. The molecule has 2 atom stereocenters. The van der Waals surface area contributed by atoms with E-state index >= 15 is 0 Å². The highest BCUT2D eigenvalue weighted by Gasteiger charge is 2.30. The number of benzene rings is 3. The second-order valence-electron chi connectivity index (χ2n) is 10.5. The average Bonchev–Trinajstić information content (AvgIpc) is 3.61.